The Bertz CT molecular complexity index is 738. The van der Waals surface area contributed by atoms with Gasteiger partial charge in [0.15, 0.2) is 16.6 Å². The van der Waals surface area contributed by atoms with Gasteiger partial charge in [0.05, 0.1) is 37.5 Å². The Hall–Kier alpha value is -2.03. The van der Waals surface area contributed by atoms with Crippen molar-refractivity contribution in [3.05, 3.63) is 34.0 Å². The number of esters is 1. The highest BCUT2D eigenvalue weighted by atomic mass is 35.5. The first-order chi connectivity index (χ1) is 12.4. The van der Waals surface area contributed by atoms with Gasteiger partial charge in [-0.3, -0.25) is 0 Å². The minimum Gasteiger partial charge on any atom is -0.493 e. The van der Waals surface area contributed by atoms with Crippen LogP contribution in [0.15, 0.2) is 23.4 Å². The molecule has 142 valence electrons. The van der Waals surface area contributed by atoms with Gasteiger partial charge in [-0.15, -0.1) is 0 Å². The summed E-state index contributed by atoms with van der Waals surface area (Å²) in [6, 6.07) is 2.90. The van der Waals surface area contributed by atoms with Crippen molar-refractivity contribution in [1.82, 2.24) is 10.6 Å². The van der Waals surface area contributed by atoms with E-state index in [-0.39, 0.29) is 6.61 Å². The van der Waals surface area contributed by atoms with Crippen LogP contribution in [0.1, 0.15) is 18.5 Å². The summed E-state index contributed by atoms with van der Waals surface area (Å²) in [6.45, 7) is 2.22. The van der Waals surface area contributed by atoms with Gasteiger partial charge in [-0.25, -0.2) is 4.79 Å². The highest BCUT2D eigenvalue weighted by Gasteiger charge is 2.32. The maximum atomic E-state index is 12.6. The van der Waals surface area contributed by atoms with Crippen molar-refractivity contribution in [3.8, 4) is 11.5 Å². The molecule has 2 rings (SSSR count). The number of hydrogen-bond acceptors (Lipinski definition) is 6. The summed E-state index contributed by atoms with van der Waals surface area (Å²) in [5.41, 5.74) is 1.69. The van der Waals surface area contributed by atoms with Gasteiger partial charge in [0.1, 0.15) is 6.61 Å². The van der Waals surface area contributed by atoms with Gasteiger partial charge in [0, 0.05) is 12.8 Å². The lowest BCUT2D eigenvalue weighted by Gasteiger charge is -2.30. The Morgan fingerprint density at radius 2 is 1.96 bits per heavy atom. The predicted molar refractivity (Wildman–Crippen MR) is 102 cm³/mol. The second-order valence-corrected chi connectivity index (χ2v) is 6.25. The molecule has 0 aromatic heterocycles. The van der Waals surface area contributed by atoms with Crippen LogP contribution in [0, 0.1) is 0 Å². The van der Waals surface area contributed by atoms with Crippen molar-refractivity contribution in [1.29, 1.82) is 0 Å². The predicted octanol–water partition coefficient (Wildman–Crippen LogP) is 2.34. The lowest BCUT2D eigenvalue weighted by molar-refractivity contribution is -0.140. The molecule has 0 fully saturated rings. The van der Waals surface area contributed by atoms with Crippen molar-refractivity contribution < 1.29 is 23.7 Å². The number of hydrogen-bond donors (Lipinski definition) is 2. The van der Waals surface area contributed by atoms with Crippen LogP contribution in [0.4, 0.5) is 0 Å². The van der Waals surface area contributed by atoms with Crippen LogP contribution in [0.5, 0.6) is 11.5 Å². The van der Waals surface area contributed by atoms with E-state index in [0.717, 1.165) is 0 Å². The molecule has 1 aliphatic rings. The molecule has 0 amide bonds. The fourth-order valence-corrected chi connectivity index (χ4v) is 3.18. The summed E-state index contributed by atoms with van der Waals surface area (Å²) in [5.74, 6) is 0.392. The fraction of sp³-hybridized carbons (Fsp3) is 0.412. The van der Waals surface area contributed by atoms with Crippen molar-refractivity contribution in [3.63, 3.8) is 0 Å². The average Bonchev–Trinajstić information content (AvgIpc) is 2.60. The SMILES string of the molecule is COCCOC(=O)C1=C(C)NC(=S)N[C@H]1c1cc(Cl)c(OC)c(OC)c1. The Morgan fingerprint density at radius 3 is 2.58 bits per heavy atom. The van der Waals surface area contributed by atoms with Gasteiger partial charge in [-0.2, -0.15) is 0 Å². The summed E-state index contributed by atoms with van der Waals surface area (Å²) >= 11 is 11.5. The molecule has 1 atom stereocenters. The van der Waals surface area contributed by atoms with Gasteiger partial charge in [-0.05, 0) is 36.8 Å². The average molecular weight is 401 g/mol. The zero-order valence-electron chi connectivity index (χ0n) is 15.0. The van der Waals surface area contributed by atoms with Crippen LogP contribution in [0.3, 0.4) is 0 Å². The first kappa shape index (κ1) is 20.3. The standard InChI is InChI=1S/C17H21ClN2O5S/c1-9-13(16(21)25-6-5-22-2)14(20-17(26)19-9)10-7-11(18)15(24-4)12(8-10)23-3/h7-8,14H,5-6H2,1-4H3,(H2,19,20,26)/t14-/m0/s1. The molecule has 0 saturated heterocycles. The van der Waals surface area contributed by atoms with E-state index in [4.69, 9.17) is 42.8 Å². The zero-order chi connectivity index (χ0) is 19.3. The van der Waals surface area contributed by atoms with E-state index in [1.54, 1.807) is 19.1 Å². The van der Waals surface area contributed by atoms with Crippen molar-refractivity contribution >= 4 is 34.9 Å². The lowest BCUT2D eigenvalue weighted by Crippen LogP contribution is -2.45. The molecule has 0 bridgehead atoms. The summed E-state index contributed by atoms with van der Waals surface area (Å²) in [4.78, 5) is 12.6. The molecule has 26 heavy (non-hydrogen) atoms. The van der Waals surface area contributed by atoms with Gasteiger partial charge >= 0.3 is 5.97 Å². The fourth-order valence-electron chi connectivity index (χ4n) is 2.61. The molecule has 1 aromatic carbocycles. The molecule has 0 unspecified atom stereocenters. The molecule has 0 radical (unpaired) electrons. The van der Waals surface area contributed by atoms with Crippen LogP contribution >= 0.6 is 23.8 Å². The number of halogens is 1. The molecular formula is C17H21ClN2O5S. The maximum Gasteiger partial charge on any atom is 0.338 e. The molecule has 1 heterocycles. The molecule has 1 aromatic rings. The smallest absolute Gasteiger partial charge is 0.338 e. The summed E-state index contributed by atoms with van der Waals surface area (Å²) in [5, 5.41) is 6.78. The Labute approximate surface area is 162 Å². The highest BCUT2D eigenvalue weighted by Crippen LogP contribution is 2.39. The van der Waals surface area contributed by atoms with E-state index in [0.29, 0.717) is 45.1 Å². The number of carbonyl (C=O) groups excluding carboxylic acids is 1. The second kappa shape index (κ2) is 9.07. The first-order valence-corrected chi connectivity index (χ1v) is 8.57. The van der Waals surface area contributed by atoms with Gasteiger partial charge in [0.25, 0.3) is 0 Å². The lowest BCUT2D eigenvalue weighted by atomic mass is 9.95. The number of thiocarbonyl (C=S) groups is 1. The van der Waals surface area contributed by atoms with Crippen molar-refractivity contribution in [2.24, 2.45) is 0 Å². The normalized spacial score (nSPS) is 16.7. The van der Waals surface area contributed by atoms with Crippen molar-refractivity contribution in [2.45, 2.75) is 13.0 Å². The third kappa shape index (κ3) is 4.38. The third-order valence-electron chi connectivity index (χ3n) is 3.80. The molecule has 0 spiro atoms. The van der Waals surface area contributed by atoms with Crippen LogP contribution in [0.2, 0.25) is 5.02 Å². The van der Waals surface area contributed by atoms with Gasteiger partial charge < -0.3 is 29.6 Å². The van der Waals surface area contributed by atoms with Crippen LogP contribution in [0.25, 0.3) is 0 Å². The number of allylic oxidation sites excluding steroid dienone is 1. The van der Waals surface area contributed by atoms with Crippen molar-refractivity contribution in [2.75, 3.05) is 34.5 Å². The number of carbonyl (C=O) groups is 1. The molecule has 7 nitrogen and oxygen atoms in total. The maximum absolute atomic E-state index is 12.6. The number of ether oxygens (including phenoxy) is 4. The van der Waals surface area contributed by atoms with E-state index < -0.39 is 12.0 Å². The van der Waals surface area contributed by atoms with E-state index in [1.807, 2.05) is 0 Å². The number of nitrogens with one attached hydrogen (secondary N) is 2. The first-order valence-electron chi connectivity index (χ1n) is 7.78. The molecule has 2 N–H and O–H groups in total. The summed E-state index contributed by atoms with van der Waals surface area (Å²) < 4.78 is 20.8. The van der Waals surface area contributed by atoms with Gasteiger partial charge in [-0.1, -0.05) is 11.6 Å². The monoisotopic (exact) mass is 400 g/mol. The largest absolute Gasteiger partial charge is 0.493 e. The molecule has 9 heteroatoms. The Balaban J connectivity index is 2.44. The van der Waals surface area contributed by atoms with Gasteiger partial charge in [0.2, 0.25) is 0 Å². The van der Waals surface area contributed by atoms with E-state index >= 15 is 0 Å². The third-order valence-corrected chi connectivity index (χ3v) is 4.30. The topological polar surface area (TPSA) is 78.1 Å². The van der Waals surface area contributed by atoms with E-state index in [1.165, 1.54) is 21.3 Å². The Morgan fingerprint density at radius 1 is 1.23 bits per heavy atom. The highest BCUT2D eigenvalue weighted by molar-refractivity contribution is 7.80. The zero-order valence-corrected chi connectivity index (χ0v) is 16.5. The molecule has 0 aliphatic carbocycles. The van der Waals surface area contributed by atoms with Crippen LogP contribution in [-0.2, 0) is 14.3 Å². The number of rotatable bonds is 7. The van der Waals surface area contributed by atoms with E-state index in [9.17, 15) is 4.79 Å². The summed E-state index contributed by atoms with van der Waals surface area (Å²) in [7, 11) is 4.55. The van der Waals surface area contributed by atoms with Crippen LogP contribution in [-0.4, -0.2) is 45.6 Å². The summed E-state index contributed by atoms with van der Waals surface area (Å²) in [6.07, 6.45) is 0. The molecule has 0 saturated carbocycles. The molecular weight excluding hydrogens is 380 g/mol. The second-order valence-electron chi connectivity index (χ2n) is 5.44. The Kier molecular flexibility index (Phi) is 7.07. The van der Waals surface area contributed by atoms with Crippen LogP contribution < -0.4 is 20.1 Å². The quantitative estimate of drug-likeness (QED) is 0.410. The minimum atomic E-state index is -0.545. The molecule has 1 aliphatic heterocycles. The van der Waals surface area contributed by atoms with E-state index in [2.05, 4.69) is 10.6 Å². The number of methoxy groups -OCH3 is 3. The number of benzene rings is 1. The minimum absolute atomic E-state index is 0.149.